The van der Waals surface area contributed by atoms with Crippen LogP contribution in [0.5, 0.6) is 0 Å². The lowest BCUT2D eigenvalue weighted by Gasteiger charge is -2.37. The predicted molar refractivity (Wildman–Crippen MR) is 71.2 cm³/mol. The van der Waals surface area contributed by atoms with Crippen LogP contribution in [0.3, 0.4) is 0 Å². The van der Waals surface area contributed by atoms with Gasteiger partial charge in [-0.3, -0.25) is 9.59 Å². The number of amides is 1. The summed E-state index contributed by atoms with van der Waals surface area (Å²) in [6.45, 7) is 2.53. The van der Waals surface area contributed by atoms with Crippen molar-refractivity contribution in [1.82, 2.24) is 4.90 Å². The largest absolute Gasteiger partial charge is 0.481 e. The molecule has 0 spiro atoms. The van der Waals surface area contributed by atoms with Gasteiger partial charge in [0.2, 0.25) is 5.91 Å². The van der Waals surface area contributed by atoms with E-state index in [2.05, 4.69) is 0 Å². The van der Waals surface area contributed by atoms with E-state index in [4.69, 9.17) is 4.74 Å². The molecule has 1 saturated heterocycles. The molecule has 1 heterocycles. The van der Waals surface area contributed by atoms with Crippen LogP contribution >= 0.6 is 0 Å². The summed E-state index contributed by atoms with van der Waals surface area (Å²) in [6, 6.07) is 0. The summed E-state index contributed by atoms with van der Waals surface area (Å²) in [6.07, 6.45) is 2.47. The molecular formula is C14H23NO5. The number of hydrogen-bond donors (Lipinski definition) is 2. The van der Waals surface area contributed by atoms with Crippen molar-refractivity contribution in [3.8, 4) is 0 Å². The fourth-order valence-electron chi connectivity index (χ4n) is 3.27. The van der Waals surface area contributed by atoms with Gasteiger partial charge in [-0.25, -0.2) is 0 Å². The SMILES string of the molecule is CC1CN(C(=O)CC2(C(=O)O)CCCC2)CC(CO)O1. The molecule has 20 heavy (non-hydrogen) atoms. The van der Waals surface area contributed by atoms with E-state index in [0.717, 1.165) is 12.8 Å². The first-order valence-corrected chi connectivity index (χ1v) is 7.24. The third-order valence-electron chi connectivity index (χ3n) is 4.39. The maximum absolute atomic E-state index is 12.4. The molecule has 0 aromatic carbocycles. The first kappa shape index (κ1) is 15.3. The van der Waals surface area contributed by atoms with Crippen molar-refractivity contribution >= 4 is 11.9 Å². The Kier molecular flexibility index (Phi) is 4.65. The van der Waals surface area contributed by atoms with Crippen LogP contribution in [-0.4, -0.2) is 58.9 Å². The molecule has 1 aliphatic carbocycles. The monoisotopic (exact) mass is 285 g/mol. The summed E-state index contributed by atoms with van der Waals surface area (Å²) >= 11 is 0. The number of nitrogens with zero attached hydrogens (tertiary/aromatic N) is 1. The minimum Gasteiger partial charge on any atom is -0.481 e. The Hall–Kier alpha value is -1.14. The van der Waals surface area contributed by atoms with Crippen LogP contribution in [-0.2, 0) is 14.3 Å². The topological polar surface area (TPSA) is 87.1 Å². The second kappa shape index (κ2) is 6.10. The van der Waals surface area contributed by atoms with E-state index in [9.17, 15) is 19.8 Å². The molecular weight excluding hydrogens is 262 g/mol. The first-order chi connectivity index (χ1) is 9.47. The molecule has 2 unspecified atom stereocenters. The van der Waals surface area contributed by atoms with Crippen LogP contribution in [0.1, 0.15) is 39.0 Å². The molecule has 2 aliphatic rings. The number of carbonyl (C=O) groups is 2. The van der Waals surface area contributed by atoms with Crippen LogP contribution in [0, 0.1) is 5.41 Å². The second-order valence-corrected chi connectivity index (χ2v) is 6.02. The van der Waals surface area contributed by atoms with Gasteiger partial charge >= 0.3 is 5.97 Å². The molecule has 6 heteroatoms. The van der Waals surface area contributed by atoms with Gasteiger partial charge in [-0.1, -0.05) is 12.8 Å². The minimum atomic E-state index is -0.882. The lowest BCUT2D eigenvalue weighted by Crippen LogP contribution is -2.51. The summed E-state index contributed by atoms with van der Waals surface area (Å²) in [7, 11) is 0. The molecule has 2 atom stereocenters. The van der Waals surface area contributed by atoms with Gasteiger partial charge in [0.25, 0.3) is 0 Å². The van der Waals surface area contributed by atoms with E-state index >= 15 is 0 Å². The molecule has 0 bridgehead atoms. The Morgan fingerprint density at radius 2 is 1.95 bits per heavy atom. The van der Waals surface area contributed by atoms with E-state index in [0.29, 0.717) is 25.9 Å². The molecule has 1 amide bonds. The van der Waals surface area contributed by atoms with E-state index in [1.165, 1.54) is 0 Å². The number of ether oxygens (including phenoxy) is 1. The summed E-state index contributed by atoms with van der Waals surface area (Å²) < 4.78 is 5.50. The molecule has 2 N–H and O–H groups in total. The third-order valence-corrected chi connectivity index (χ3v) is 4.39. The number of morpholine rings is 1. The fourth-order valence-corrected chi connectivity index (χ4v) is 3.27. The van der Waals surface area contributed by atoms with E-state index < -0.39 is 11.4 Å². The van der Waals surface area contributed by atoms with Gasteiger partial charge in [0, 0.05) is 19.5 Å². The van der Waals surface area contributed by atoms with Crippen LogP contribution in [0.2, 0.25) is 0 Å². The van der Waals surface area contributed by atoms with Crippen molar-refractivity contribution in [2.24, 2.45) is 5.41 Å². The maximum Gasteiger partial charge on any atom is 0.310 e. The van der Waals surface area contributed by atoms with Gasteiger partial charge in [0.15, 0.2) is 0 Å². The standard InChI is InChI=1S/C14H23NO5/c1-10-7-15(8-11(9-16)20-10)12(17)6-14(13(18)19)4-2-3-5-14/h10-11,16H,2-9H2,1H3,(H,18,19). The highest BCUT2D eigenvalue weighted by atomic mass is 16.5. The second-order valence-electron chi connectivity index (χ2n) is 6.02. The number of rotatable bonds is 4. The molecule has 0 aromatic rings. The van der Waals surface area contributed by atoms with Crippen LogP contribution < -0.4 is 0 Å². The summed E-state index contributed by atoms with van der Waals surface area (Å²) in [5, 5.41) is 18.6. The fraction of sp³-hybridized carbons (Fsp3) is 0.857. The number of aliphatic hydroxyl groups excluding tert-OH is 1. The summed E-state index contributed by atoms with van der Waals surface area (Å²) in [4.78, 5) is 25.5. The number of carboxylic acid groups (broad SMARTS) is 1. The van der Waals surface area contributed by atoms with E-state index in [-0.39, 0.29) is 31.1 Å². The average molecular weight is 285 g/mol. The number of hydrogen-bond acceptors (Lipinski definition) is 4. The van der Waals surface area contributed by atoms with Gasteiger partial charge in [-0.2, -0.15) is 0 Å². The quantitative estimate of drug-likeness (QED) is 0.791. The van der Waals surface area contributed by atoms with Gasteiger partial charge in [-0.15, -0.1) is 0 Å². The lowest BCUT2D eigenvalue weighted by atomic mass is 9.82. The predicted octanol–water partition coefficient (Wildman–Crippen LogP) is 0.630. The highest BCUT2D eigenvalue weighted by molar-refractivity contribution is 5.85. The van der Waals surface area contributed by atoms with E-state index in [1.54, 1.807) is 4.90 Å². The highest BCUT2D eigenvalue weighted by Gasteiger charge is 2.44. The zero-order valence-corrected chi connectivity index (χ0v) is 11.9. The Bertz CT molecular complexity index is 378. The Morgan fingerprint density at radius 3 is 2.50 bits per heavy atom. The Labute approximate surface area is 118 Å². The summed E-state index contributed by atoms with van der Waals surface area (Å²) in [5.74, 6) is -0.994. The molecule has 114 valence electrons. The lowest BCUT2D eigenvalue weighted by molar-refractivity contribution is -0.158. The average Bonchev–Trinajstić information content (AvgIpc) is 2.87. The van der Waals surface area contributed by atoms with Crippen molar-refractivity contribution in [3.05, 3.63) is 0 Å². The van der Waals surface area contributed by atoms with Crippen molar-refractivity contribution in [2.45, 2.75) is 51.2 Å². The number of carboxylic acids is 1. The molecule has 2 fully saturated rings. The van der Waals surface area contributed by atoms with Crippen LogP contribution in [0.25, 0.3) is 0 Å². The molecule has 6 nitrogen and oxygen atoms in total. The van der Waals surface area contributed by atoms with Crippen molar-refractivity contribution in [2.75, 3.05) is 19.7 Å². The maximum atomic E-state index is 12.4. The van der Waals surface area contributed by atoms with Crippen molar-refractivity contribution in [1.29, 1.82) is 0 Å². The van der Waals surface area contributed by atoms with Crippen LogP contribution in [0.15, 0.2) is 0 Å². The van der Waals surface area contributed by atoms with Gasteiger partial charge in [0.1, 0.15) is 0 Å². The van der Waals surface area contributed by atoms with Gasteiger partial charge in [0.05, 0.1) is 24.2 Å². The smallest absolute Gasteiger partial charge is 0.310 e. The molecule has 1 aliphatic heterocycles. The molecule has 2 rings (SSSR count). The van der Waals surface area contributed by atoms with E-state index in [1.807, 2.05) is 6.92 Å². The zero-order valence-electron chi connectivity index (χ0n) is 11.9. The van der Waals surface area contributed by atoms with Crippen molar-refractivity contribution in [3.63, 3.8) is 0 Å². The number of carbonyl (C=O) groups excluding carboxylic acids is 1. The van der Waals surface area contributed by atoms with Gasteiger partial charge < -0.3 is 19.8 Å². The third kappa shape index (κ3) is 3.12. The highest BCUT2D eigenvalue weighted by Crippen LogP contribution is 2.41. The number of aliphatic carboxylic acids is 1. The Morgan fingerprint density at radius 1 is 1.30 bits per heavy atom. The molecule has 1 saturated carbocycles. The first-order valence-electron chi connectivity index (χ1n) is 7.24. The normalized spacial score (nSPS) is 29.4. The Balaban J connectivity index is 2.01. The number of aliphatic hydroxyl groups is 1. The minimum absolute atomic E-state index is 0.0627. The zero-order chi connectivity index (χ0) is 14.8. The van der Waals surface area contributed by atoms with Gasteiger partial charge in [-0.05, 0) is 19.8 Å². The van der Waals surface area contributed by atoms with Crippen LogP contribution in [0.4, 0.5) is 0 Å². The molecule has 0 radical (unpaired) electrons. The summed E-state index contributed by atoms with van der Waals surface area (Å²) in [5.41, 5.74) is -0.882. The molecule has 0 aromatic heterocycles. The van der Waals surface area contributed by atoms with Crippen molar-refractivity contribution < 1.29 is 24.5 Å².